The average molecular weight is 222 g/mol. The molecule has 3 nitrogen and oxygen atoms in total. The van der Waals surface area contributed by atoms with Gasteiger partial charge < -0.3 is 9.84 Å². The number of carbonyl (C=O) groups excluding carboxylic acids is 1. The Bertz CT molecular complexity index is 528. The second-order valence-corrected chi connectivity index (χ2v) is 4.24. The van der Waals surface area contributed by atoms with Crippen molar-refractivity contribution in [3.05, 3.63) is 28.6 Å². The highest BCUT2D eigenvalue weighted by atomic mass is 32.1. The van der Waals surface area contributed by atoms with Crippen LogP contribution in [0.4, 0.5) is 0 Å². The van der Waals surface area contributed by atoms with Crippen molar-refractivity contribution in [3.8, 4) is 5.75 Å². The van der Waals surface area contributed by atoms with Gasteiger partial charge in [-0.15, -0.1) is 11.3 Å². The summed E-state index contributed by atoms with van der Waals surface area (Å²) in [6, 6.07) is 5.59. The SMILES string of the molecule is COC(=O)c1sc2c(C)cccc2c1O. The fraction of sp³-hybridized carbons (Fsp3) is 0.182. The Balaban J connectivity index is 2.75. The lowest BCUT2D eigenvalue weighted by molar-refractivity contribution is 0.0603. The van der Waals surface area contributed by atoms with E-state index in [1.165, 1.54) is 18.4 Å². The van der Waals surface area contributed by atoms with Crippen molar-refractivity contribution >= 4 is 27.4 Å². The molecule has 0 amide bonds. The fourth-order valence-electron chi connectivity index (χ4n) is 1.48. The van der Waals surface area contributed by atoms with E-state index < -0.39 is 5.97 Å². The molecule has 1 aromatic heterocycles. The van der Waals surface area contributed by atoms with Crippen LogP contribution in [-0.2, 0) is 4.74 Å². The Morgan fingerprint density at radius 2 is 2.20 bits per heavy atom. The van der Waals surface area contributed by atoms with E-state index in [2.05, 4.69) is 4.74 Å². The van der Waals surface area contributed by atoms with Gasteiger partial charge in [-0.2, -0.15) is 0 Å². The van der Waals surface area contributed by atoms with Gasteiger partial charge in [0.15, 0.2) is 4.88 Å². The third-order valence-electron chi connectivity index (χ3n) is 2.26. The number of carbonyl (C=O) groups is 1. The number of ether oxygens (including phenoxy) is 1. The van der Waals surface area contributed by atoms with Crippen LogP contribution in [0.15, 0.2) is 18.2 Å². The normalized spacial score (nSPS) is 10.5. The Hall–Kier alpha value is -1.55. The van der Waals surface area contributed by atoms with Crippen LogP contribution in [0.3, 0.4) is 0 Å². The zero-order valence-corrected chi connectivity index (χ0v) is 9.22. The molecule has 0 spiro atoms. The molecule has 0 unspecified atom stereocenters. The predicted molar refractivity (Wildman–Crippen MR) is 59.6 cm³/mol. The van der Waals surface area contributed by atoms with Crippen molar-refractivity contribution in [3.63, 3.8) is 0 Å². The molecule has 2 aromatic rings. The van der Waals surface area contributed by atoms with Gasteiger partial charge in [0.05, 0.1) is 7.11 Å². The van der Waals surface area contributed by atoms with Crippen LogP contribution in [0.2, 0.25) is 0 Å². The van der Waals surface area contributed by atoms with Crippen molar-refractivity contribution in [2.75, 3.05) is 7.11 Å². The third-order valence-corrected chi connectivity index (χ3v) is 3.57. The molecule has 4 heteroatoms. The van der Waals surface area contributed by atoms with E-state index >= 15 is 0 Å². The predicted octanol–water partition coefficient (Wildman–Crippen LogP) is 2.70. The molecule has 78 valence electrons. The molecule has 0 saturated heterocycles. The Morgan fingerprint density at radius 3 is 2.80 bits per heavy atom. The van der Waals surface area contributed by atoms with Crippen molar-refractivity contribution in [2.24, 2.45) is 0 Å². The van der Waals surface area contributed by atoms with Gasteiger partial charge >= 0.3 is 5.97 Å². The molecule has 0 radical (unpaired) electrons. The summed E-state index contributed by atoms with van der Waals surface area (Å²) >= 11 is 1.26. The Morgan fingerprint density at radius 1 is 1.47 bits per heavy atom. The van der Waals surface area contributed by atoms with Crippen LogP contribution in [0.5, 0.6) is 5.75 Å². The summed E-state index contributed by atoms with van der Waals surface area (Å²) in [5.41, 5.74) is 1.04. The number of esters is 1. The lowest BCUT2D eigenvalue weighted by atomic mass is 10.2. The van der Waals surface area contributed by atoms with Gasteiger partial charge in [-0.25, -0.2) is 4.79 Å². The van der Waals surface area contributed by atoms with Gasteiger partial charge in [-0.05, 0) is 18.6 Å². The maximum absolute atomic E-state index is 11.3. The third kappa shape index (κ3) is 1.47. The summed E-state index contributed by atoms with van der Waals surface area (Å²) in [5, 5.41) is 10.5. The first-order chi connectivity index (χ1) is 7.15. The highest BCUT2D eigenvalue weighted by molar-refractivity contribution is 7.21. The smallest absolute Gasteiger partial charge is 0.351 e. The van der Waals surface area contributed by atoms with E-state index in [9.17, 15) is 9.90 Å². The van der Waals surface area contributed by atoms with Gasteiger partial charge in [0.25, 0.3) is 0 Å². The number of aromatic hydroxyl groups is 1. The van der Waals surface area contributed by atoms with Crippen molar-refractivity contribution in [2.45, 2.75) is 6.92 Å². The summed E-state index contributed by atoms with van der Waals surface area (Å²) in [4.78, 5) is 11.6. The van der Waals surface area contributed by atoms with Crippen LogP contribution >= 0.6 is 11.3 Å². The van der Waals surface area contributed by atoms with Gasteiger partial charge in [0.1, 0.15) is 5.75 Å². The highest BCUT2D eigenvalue weighted by Crippen LogP contribution is 2.38. The zero-order chi connectivity index (χ0) is 11.0. The zero-order valence-electron chi connectivity index (χ0n) is 8.40. The van der Waals surface area contributed by atoms with E-state index in [0.29, 0.717) is 5.39 Å². The van der Waals surface area contributed by atoms with Crippen LogP contribution in [-0.4, -0.2) is 18.2 Å². The van der Waals surface area contributed by atoms with E-state index in [0.717, 1.165) is 10.3 Å². The van der Waals surface area contributed by atoms with Crippen LogP contribution < -0.4 is 0 Å². The number of fused-ring (bicyclic) bond motifs is 1. The standard InChI is InChI=1S/C11H10O3S/c1-6-4-3-5-7-8(12)10(11(13)14-2)15-9(6)7/h3-5,12H,1-2H3. The second-order valence-electron chi connectivity index (χ2n) is 3.22. The number of hydrogen-bond donors (Lipinski definition) is 1. The van der Waals surface area contributed by atoms with Crippen LogP contribution in [0.25, 0.3) is 10.1 Å². The van der Waals surface area contributed by atoms with Gasteiger partial charge in [0.2, 0.25) is 0 Å². The van der Waals surface area contributed by atoms with Crippen molar-refractivity contribution < 1.29 is 14.6 Å². The number of benzene rings is 1. The molecule has 0 saturated carbocycles. The lowest BCUT2D eigenvalue weighted by Gasteiger charge is -1.94. The first-order valence-electron chi connectivity index (χ1n) is 4.44. The van der Waals surface area contributed by atoms with Crippen molar-refractivity contribution in [1.29, 1.82) is 0 Å². The molecule has 0 atom stereocenters. The summed E-state index contributed by atoms with van der Waals surface area (Å²) in [6.45, 7) is 1.94. The first kappa shape index (κ1) is 9.98. The van der Waals surface area contributed by atoms with E-state index in [1.54, 1.807) is 6.07 Å². The summed E-state index contributed by atoms with van der Waals surface area (Å²) < 4.78 is 5.52. The summed E-state index contributed by atoms with van der Waals surface area (Å²) in [7, 11) is 1.30. The Labute approximate surface area is 90.9 Å². The lowest BCUT2D eigenvalue weighted by Crippen LogP contribution is -1.97. The maximum atomic E-state index is 11.3. The fourth-order valence-corrected chi connectivity index (χ4v) is 2.56. The minimum absolute atomic E-state index is 0.0190. The number of thiophene rings is 1. The van der Waals surface area contributed by atoms with Crippen LogP contribution in [0, 0.1) is 6.92 Å². The van der Waals surface area contributed by atoms with E-state index in [4.69, 9.17) is 0 Å². The second kappa shape index (κ2) is 3.55. The average Bonchev–Trinajstić information content (AvgIpc) is 2.57. The molecule has 2 rings (SSSR count). The molecule has 0 fully saturated rings. The number of methoxy groups -OCH3 is 1. The molecule has 0 aliphatic heterocycles. The molecule has 0 aliphatic rings. The minimum Gasteiger partial charge on any atom is -0.505 e. The topological polar surface area (TPSA) is 46.5 Å². The van der Waals surface area contributed by atoms with Crippen LogP contribution in [0.1, 0.15) is 15.2 Å². The van der Waals surface area contributed by atoms with E-state index in [1.807, 2.05) is 19.1 Å². The molecule has 0 bridgehead atoms. The van der Waals surface area contributed by atoms with E-state index in [-0.39, 0.29) is 10.6 Å². The van der Waals surface area contributed by atoms with Gasteiger partial charge in [0, 0.05) is 10.1 Å². The van der Waals surface area contributed by atoms with Crippen molar-refractivity contribution in [1.82, 2.24) is 0 Å². The molecule has 1 aromatic carbocycles. The Kier molecular flexibility index (Phi) is 2.36. The summed E-state index contributed by atoms with van der Waals surface area (Å²) in [5.74, 6) is -0.473. The largest absolute Gasteiger partial charge is 0.505 e. The maximum Gasteiger partial charge on any atom is 0.351 e. The first-order valence-corrected chi connectivity index (χ1v) is 5.26. The molecule has 0 aliphatic carbocycles. The monoisotopic (exact) mass is 222 g/mol. The van der Waals surface area contributed by atoms with Gasteiger partial charge in [-0.1, -0.05) is 12.1 Å². The molecular formula is C11H10O3S. The molecule has 1 heterocycles. The number of hydrogen-bond acceptors (Lipinski definition) is 4. The molecule has 15 heavy (non-hydrogen) atoms. The molecular weight excluding hydrogens is 212 g/mol. The molecule has 1 N–H and O–H groups in total. The summed E-state index contributed by atoms with van der Waals surface area (Å²) in [6.07, 6.45) is 0. The van der Waals surface area contributed by atoms with Gasteiger partial charge in [-0.3, -0.25) is 0 Å². The highest BCUT2D eigenvalue weighted by Gasteiger charge is 2.18. The quantitative estimate of drug-likeness (QED) is 0.754. The minimum atomic E-state index is -0.493. The number of rotatable bonds is 1. The number of aryl methyl sites for hydroxylation is 1.